The number of fused-ring (bicyclic) bond motifs is 16. The van der Waals surface area contributed by atoms with E-state index < -0.39 is 7.12 Å². The number of benzene rings is 18. The second kappa shape index (κ2) is 24.4. The first-order chi connectivity index (χ1) is 48.3. The predicted octanol–water partition coefficient (Wildman–Crippen LogP) is 24.9. The summed E-state index contributed by atoms with van der Waals surface area (Å²) in [6, 6.07) is 120. The van der Waals surface area contributed by atoms with E-state index in [4.69, 9.17) is 8.83 Å². The Labute approximate surface area is 573 Å². The van der Waals surface area contributed by atoms with Crippen molar-refractivity contribution in [3.05, 3.63) is 344 Å². The van der Waals surface area contributed by atoms with Gasteiger partial charge in [-0.25, -0.2) is 0 Å². The lowest BCUT2D eigenvalue weighted by molar-refractivity contribution is 0.426. The highest BCUT2D eigenvalue weighted by atomic mass is 79.9. The summed E-state index contributed by atoms with van der Waals surface area (Å²) >= 11 is 3.51. The fraction of sp³-hybridized carbons (Fsp3) is 0. The molecule has 0 radical (unpaired) electrons. The van der Waals surface area contributed by atoms with Crippen molar-refractivity contribution < 1.29 is 18.9 Å². The molecule has 0 aliphatic carbocycles. The normalized spacial score (nSPS) is 11.6. The first-order valence-electron chi connectivity index (χ1n) is 33.1. The summed E-state index contributed by atoms with van der Waals surface area (Å²) in [6.07, 6.45) is 0. The second-order valence-electron chi connectivity index (χ2n) is 25.3. The molecule has 6 heteroatoms. The van der Waals surface area contributed by atoms with E-state index in [1.165, 1.54) is 109 Å². The summed E-state index contributed by atoms with van der Waals surface area (Å²) in [4.78, 5) is 0. The number of halogens is 1. The molecule has 2 heterocycles. The summed E-state index contributed by atoms with van der Waals surface area (Å²) in [5.74, 6) is 0. The SMILES string of the molecule is Brc1ccc2oc3c4ccccc4ccc3c2c1.OB(O)c1c2ccccc2c(-c2ccc(-c3ccc4ccccc4c3)cc2)c2ccccc12.c1ccc2cc(-c3ccc(-c4c5ccccc5c(-c5ccc6oc7c8ccccc8ccc7c6c5)c5ccccc45)cc3)ccc2c1. The molecule has 0 unspecified atom stereocenters. The summed E-state index contributed by atoms with van der Waals surface area (Å²) in [5.41, 5.74) is 16.3. The van der Waals surface area contributed by atoms with E-state index in [0.717, 1.165) is 81.0 Å². The standard InChI is InChI=1S/C46H28O.C30H21BO2.C16H9BrO/c1-2-11-33-27-34(22-19-29(33)9-1)30-17-20-32(21-18-30)44-37-13-5-7-15-39(37)45(40-16-8-6-14-38(40)44)35-24-26-43-42(28-35)41-25-23-31-10-3-4-12-36(31)46(41)47-43;32-31(33)30-27-11-5-3-9-25(27)29(26-10-4-6-12-28(26)30)22-16-13-21(14-17-22)24-18-15-20-7-1-2-8-23(20)19-24;17-11-6-8-15-14(9-11)13-7-5-10-3-1-2-4-12(10)16(13)18-15/h1-28H;1-19,32-33H;1-9H. The summed E-state index contributed by atoms with van der Waals surface area (Å²) < 4.78 is 13.5. The maximum Gasteiger partial charge on any atom is 0.489 e. The molecule has 0 spiro atoms. The Hall–Kier alpha value is -11.9. The molecule has 0 aliphatic heterocycles. The van der Waals surface area contributed by atoms with E-state index in [-0.39, 0.29) is 0 Å². The van der Waals surface area contributed by atoms with Gasteiger partial charge < -0.3 is 18.9 Å². The Morgan fingerprint density at radius 3 is 0.949 bits per heavy atom. The fourth-order valence-corrected chi connectivity index (χ4v) is 15.4. The molecule has 18 aromatic carbocycles. The minimum atomic E-state index is -1.54. The molecular weight excluding hydrogens is 1260 g/mol. The molecule has 20 aromatic rings. The van der Waals surface area contributed by atoms with Crippen LogP contribution in [-0.4, -0.2) is 17.2 Å². The van der Waals surface area contributed by atoms with Crippen LogP contribution in [-0.2, 0) is 0 Å². The van der Waals surface area contributed by atoms with Crippen LogP contribution in [0.25, 0.3) is 186 Å². The third kappa shape index (κ3) is 10.2. The molecule has 0 saturated heterocycles. The van der Waals surface area contributed by atoms with E-state index in [0.29, 0.717) is 5.46 Å². The zero-order valence-corrected chi connectivity index (χ0v) is 54.6. The van der Waals surface area contributed by atoms with E-state index in [1.54, 1.807) is 0 Å². The van der Waals surface area contributed by atoms with Crippen LogP contribution in [0.4, 0.5) is 0 Å². The maximum absolute atomic E-state index is 10.2. The van der Waals surface area contributed by atoms with Gasteiger partial charge in [0.2, 0.25) is 0 Å². The van der Waals surface area contributed by atoms with Gasteiger partial charge in [0, 0.05) is 36.8 Å². The van der Waals surface area contributed by atoms with Gasteiger partial charge in [0.15, 0.2) is 0 Å². The van der Waals surface area contributed by atoms with E-state index >= 15 is 0 Å². The smallest absolute Gasteiger partial charge is 0.455 e. The maximum atomic E-state index is 10.2. The number of hydrogen-bond acceptors (Lipinski definition) is 4. The van der Waals surface area contributed by atoms with Crippen molar-refractivity contribution in [1.29, 1.82) is 0 Å². The van der Waals surface area contributed by atoms with Crippen LogP contribution in [0.2, 0.25) is 0 Å². The predicted molar refractivity (Wildman–Crippen MR) is 419 cm³/mol. The van der Waals surface area contributed by atoms with Crippen molar-refractivity contribution in [2.75, 3.05) is 0 Å². The molecule has 460 valence electrons. The zero-order valence-electron chi connectivity index (χ0n) is 53.0. The van der Waals surface area contributed by atoms with Crippen molar-refractivity contribution in [3.63, 3.8) is 0 Å². The lowest BCUT2D eigenvalue weighted by atomic mass is 9.72. The topological polar surface area (TPSA) is 66.7 Å². The van der Waals surface area contributed by atoms with Crippen LogP contribution in [0, 0.1) is 0 Å². The van der Waals surface area contributed by atoms with Gasteiger partial charge >= 0.3 is 7.12 Å². The van der Waals surface area contributed by atoms with Crippen molar-refractivity contribution in [3.8, 4) is 55.6 Å². The Morgan fingerprint density at radius 2 is 0.520 bits per heavy atom. The third-order valence-electron chi connectivity index (χ3n) is 19.6. The molecule has 20 rings (SSSR count). The molecule has 0 fully saturated rings. The van der Waals surface area contributed by atoms with Crippen LogP contribution < -0.4 is 5.46 Å². The Balaban J connectivity index is 0.000000118. The summed E-state index contributed by atoms with van der Waals surface area (Å²) in [7, 11) is -1.54. The number of hydrogen-bond donors (Lipinski definition) is 2. The van der Waals surface area contributed by atoms with Gasteiger partial charge in [-0.05, 0) is 191 Å². The molecule has 0 atom stereocenters. The van der Waals surface area contributed by atoms with E-state index in [9.17, 15) is 10.0 Å². The molecule has 2 aromatic heterocycles. The average Bonchev–Trinajstić information content (AvgIpc) is 0.910. The molecule has 2 N–H and O–H groups in total. The average molecular weight is 1320 g/mol. The Morgan fingerprint density at radius 1 is 0.214 bits per heavy atom. The first-order valence-corrected chi connectivity index (χ1v) is 33.9. The lowest BCUT2D eigenvalue weighted by Gasteiger charge is -2.18. The molecule has 0 aliphatic rings. The van der Waals surface area contributed by atoms with Crippen molar-refractivity contribution in [2.24, 2.45) is 0 Å². The van der Waals surface area contributed by atoms with Gasteiger partial charge in [-0.3, -0.25) is 0 Å². The van der Waals surface area contributed by atoms with Gasteiger partial charge in [-0.1, -0.05) is 301 Å². The highest BCUT2D eigenvalue weighted by Gasteiger charge is 2.23. The van der Waals surface area contributed by atoms with E-state index in [2.05, 4.69) is 295 Å². The Kier molecular flexibility index (Phi) is 14.6. The van der Waals surface area contributed by atoms with Crippen LogP contribution in [0.5, 0.6) is 0 Å². The minimum absolute atomic E-state index is 0.553. The monoisotopic (exact) mass is 1320 g/mol. The van der Waals surface area contributed by atoms with E-state index in [1.807, 2.05) is 60.7 Å². The van der Waals surface area contributed by atoms with Crippen LogP contribution in [0.3, 0.4) is 0 Å². The van der Waals surface area contributed by atoms with Crippen LogP contribution in [0.1, 0.15) is 0 Å². The highest BCUT2D eigenvalue weighted by Crippen LogP contribution is 2.46. The van der Waals surface area contributed by atoms with Crippen LogP contribution in [0.15, 0.2) is 353 Å². The van der Waals surface area contributed by atoms with Crippen molar-refractivity contribution >= 4 is 159 Å². The van der Waals surface area contributed by atoms with Crippen LogP contribution >= 0.6 is 15.9 Å². The molecule has 0 bridgehead atoms. The molecular formula is C92H58BBrO4. The highest BCUT2D eigenvalue weighted by molar-refractivity contribution is 9.10. The fourth-order valence-electron chi connectivity index (χ4n) is 15.0. The largest absolute Gasteiger partial charge is 0.489 e. The lowest BCUT2D eigenvalue weighted by Crippen LogP contribution is -2.31. The van der Waals surface area contributed by atoms with Gasteiger partial charge in [0.05, 0.1) is 0 Å². The summed E-state index contributed by atoms with van der Waals surface area (Å²) in [6.45, 7) is 0. The minimum Gasteiger partial charge on any atom is -0.455 e. The third-order valence-corrected chi connectivity index (χ3v) is 20.1. The molecule has 0 saturated carbocycles. The number of rotatable bonds is 6. The van der Waals surface area contributed by atoms with Gasteiger partial charge in [-0.2, -0.15) is 0 Å². The summed E-state index contributed by atoms with van der Waals surface area (Å²) in [5, 5.41) is 43.4. The molecule has 98 heavy (non-hydrogen) atoms. The zero-order chi connectivity index (χ0) is 65.4. The number of furan rings is 2. The van der Waals surface area contributed by atoms with Gasteiger partial charge in [-0.15, -0.1) is 0 Å². The molecule has 0 amide bonds. The Bertz CT molecular complexity index is 6430. The van der Waals surface area contributed by atoms with Crippen molar-refractivity contribution in [2.45, 2.75) is 0 Å². The molecule has 4 nitrogen and oxygen atoms in total. The van der Waals surface area contributed by atoms with Crippen molar-refractivity contribution in [1.82, 2.24) is 0 Å². The quantitative estimate of drug-likeness (QED) is 0.129. The first kappa shape index (κ1) is 58.7. The second-order valence-corrected chi connectivity index (χ2v) is 26.2. The van der Waals surface area contributed by atoms with Gasteiger partial charge in [0.25, 0.3) is 0 Å². The van der Waals surface area contributed by atoms with Gasteiger partial charge in [0.1, 0.15) is 22.3 Å².